The summed E-state index contributed by atoms with van der Waals surface area (Å²) in [4.78, 5) is 7.09. The lowest BCUT2D eigenvalue weighted by atomic mass is 9.95. The first-order valence-corrected chi connectivity index (χ1v) is 9.68. The molecule has 4 nitrogen and oxygen atoms in total. The van der Waals surface area contributed by atoms with Gasteiger partial charge in [0.15, 0.2) is 0 Å². The van der Waals surface area contributed by atoms with Gasteiger partial charge >= 0.3 is 0 Å². The molecule has 1 aliphatic carbocycles. The van der Waals surface area contributed by atoms with Crippen LogP contribution in [0, 0.1) is 0 Å². The summed E-state index contributed by atoms with van der Waals surface area (Å²) in [6.07, 6.45) is 7.20. The second-order valence-corrected chi connectivity index (χ2v) is 7.93. The Labute approximate surface area is 148 Å². The minimum Gasteiger partial charge on any atom is -0.373 e. The lowest BCUT2D eigenvalue weighted by Crippen LogP contribution is -2.44. The van der Waals surface area contributed by atoms with Crippen LogP contribution >= 0.6 is 15.9 Å². The Morgan fingerprint density at radius 1 is 1.17 bits per heavy atom. The molecular formula is C18H28BrN3O. The topological polar surface area (TPSA) is 37.4 Å². The third kappa shape index (κ3) is 5.16. The van der Waals surface area contributed by atoms with Crippen LogP contribution in [0.5, 0.6) is 0 Å². The van der Waals surface area contributed by atoms with Gasteiger partial charge in [-0.25, -0.2) is 4.98 Å². The van der Waals surface area contributed by atoms with Crippen molar-refractivity contribution in [2.24, 2.45) is 0 Å². The molecule has 0 spiro atoms. The van der Waals surface area contributed by atoms with Crippen LogP contribution in [0.1, 0.15) is 51.5 Å². The van der Waals surface area contributed by atoms with Crippen LogP contribution in [0.4, 0.5) is 5.82 Å². The van der Waals surface area contributed by atoms with Crippen molar-refractivity contribution in [3.05, 3.63) is 22.3 Å². The molecule has 0 aromatic carbocycles. The fourth-order valence-electron chi connectivity index (χ4n) is 3.84. The van der Waals surface area contributed by atoms with Crippen molar-refractivity contribution in [2.45, 2.75) is 70.7 Å². The number of aromatic nitrogens is 1. The highest BCUT2D eigenvalue weighted by atomic mass is 79.9. The zero-order valence-electron chi connectivity index (χ0n) is 14.2. The smallest absolute Gasteiger partial charge is 0.127 e. The molecule has 5 heteroatoms. The first-order chi connectivity index (χ1) is 11.1. The van der Waals surface area contributed by atoms with E-state index in [2.05, 4.69) is 57.1 Å². The van der Waals surface area contributed by atoms with E-state index in [0.29, 0.717) is 18.2 Å². The molecule has 3 rings (SSSR count). The Kier molecular flexibility index (Phi) is 5.94. The van der Waals surface area contributed by atoms with Crippen LogP contribution in [0.25, 0.3) is 0 Å². The number of anilines is 1. The van der Waals surface area contributed by atoms with E-state index in [0.717, 1.165) is 30.1 Å². The predicted molar refractivity (Wildman–Crippen MR) is 97.7 cm³/mol. The van der Waals surface area contributed by atoms with Crippen molar-refractivity contribution >= 4 is 21.7 Å². The van der Waals surface area contributed by atoms with Gasteiger partial charge < -0.3 is 10.1 Å². The average molecular weight is 382 g/mol. The van der Waals surface area contributed by atoms with Gasteiger partial charge in [-0.15, -0.1) is 0 Å². The number of halogens is 1. The molecule has 2 heterocycles. The Morgan fingerprint density at radius 3 is 2.57 bits per heavy atom. The predicted octanol–water partition coefficient (Wildman–Crippen LogP) is 4.20. The summed E-state index contributed by atoms with van der Waals surface area (Å²) in [5.41, 5.74) is 1.31. The second-order valence-electron chi connectivity index (χ2n) is 7.11. The van der Waals surface area contributed by atoms with Gasteiger partial charge in [0, 0.05) is 25.7 Å². The summed E-state index contributed by atoms with van der Waals surface area (Å²) in [6.45, 7) is 7.26. The molecule has 0 bridgehead atoms. The fraction of sp³-hybridized carbons (Fsp3) is 0.722. The summed E-state index contributed by atoms with van der Waals surface area (Å²) in [7, 11) is 0. The van der Waals surface area contributed by atoms with Crippen molar-refractivity contribution in [1.29, 1.82) is 0 Å². The van der Waals surface area contributed by atoms with Gasteiger partial charge in [0.2, 0.25) is 0 Å². The Hall–Kier alpha value is -0.650. The van der Waals surface area contributed by atoms with Crippen molar-refractivity contribution in [2.75, 3.05) is 18.4 Å². The van der Waals surface area contributed by atoms with E-state index in [1.807, 2.05) is 0 Å². The summed E-state index contributed by atoms with van der Waals surface area (Å²) >= 11 is 3.57. The van der Waals surface area contributed by atoms with Gasteiger partial charge in [0.1, 0.15) is 10.4 Å². The van der Waals surface area contributed by atoms with Crippen LogP contribution in [-0.2, 0) is 11.3 Å². The average Bonchev–Trinajstić information content (AvgIpc) is 2.46. The number of hydrogen-bond donors (Lipinski definition) is 1. The molecule has 1 saturated heterocycles. The van der Waals surface area contributed by atoms with Crippen LogP contribution in [0.15, 0.2) is 16.7 Å². The van der Waals surface area contributed by atoms with Gasteiger partial charge in [-0.2, -0.15) is 0 Å². The summed E-state index contributed by atoms with van der Waals surface area (Å²) in [6, 6.07) is 4.93. The molecule has 0 amide bonds. The first-order valence-electron chi connectivity index (χ1n) is 8.89. The number of nitrogens with one attached hydrogen (secondary N) is 1. The summed E-state index contributed by atoms with van der Waals surface area (Å²) < 4.78 is 6.75. The number of nitrogens with zero attached hydrogens (tertiary/aromatic N) is 2. The van der Waals surface area contributed by atoms with Gasteiger partial charge in [-0.05, 0) is 60.3 Å². The monoisotopic (exact) mass is 381 g/mol. The van der Waals surface area contributed by atoms with Crippen molar-refractivity contribution in [3.8, 4) is 0 Å². The number of ether oxygens (including phenoxy) is 1. The molecule has 0 unspecified atom stereocenters. The molecule has 1 aromatic rings. The lowest BCUT2D eigenvalue weighted by Gasteiger charge is -2.35. The highest BCUT2D eigenvalue weighted by Gasteiger charge is 2.22. The molecular weight excluding hydrogens is 354 g/mol. The van der Waals surface area contributed by atoms with Gasteiger partial charge in [-0.3, -0.25) is 4.90 Å². The van der Waals surface area contributed by atoms with Crippen molar-refractivity contribution in [1.82, 2.24) is 9.88 Å². The van der Waals surface area contributed by atoms with Crippen LogP contribution < -0.4 is 5.32 Å². The van der Waals surface area contributed by atoms with E-state index in [-0.39, 0.29) is 0 Å². The number of hydrogen-bond acceptors (Lipinski definition) is 4. The van der Waals surface area contributed by atoms with E-state index in [4.69, 9.17) is 4.74 Å². The second kappa shape index (κ2) is 7.95. The summed E-state index contributed by atoms with van der Waals surface area (Å²) in [5.74, 6) is 1.01. The van der Waals surface area contributed by atoms with Crippen LogP contribution in [0.3, 0.4) is 0 Å². The molecule has 2 atom stereocenters. The SMILES string of the molecule is C[C@@H]1CN(Cc2cc(Br)nc(NC3CCCCC3)c2)C[C@H](C)O1. The molecule has 128 valence electrons. The summed E-state index contributed by atoms with van der Waals surface area (Å²) in [5, 5.41) is 3.63. The zero-order valence-corrected chi connectivity index (χ0v) is 15.8. The van der Waals surface area contributed by atoms with Crippen LogP contribution in [-0.4, -0.2) is 41.2 Å². The van der Waals surface area contributed by atoms with Crippen molar-refractivity contribution < 1.29 is 4.74 Å². The maximum absolute atomic E-state index is 5.83. The third-order valence-electron chi connectivity index (χ3n) is 4.71. The minimum atomic E-state index is 0.309. The van der Waals surface area contributed by atoms with E-state index in [9.17, 15) is 0 Å². The van der Waals surface area contributed by atoms with Crippen molar-refractivity contribution in [3.63, 3.8) is 0 Å². The molecule has 0 radical (unpaired) electrons. The van der Waals surface area contributed by atoms with Gasteiger partial charge in [0.05, 0.1) is 12.2 Å². The molecule has 1 aromatic heterocycles. The zero-order chi connectivity index (χ0) is 16.2. The van der Waals surface area contributed by atoms with E-state index in [1.54, 1.807) is 0 Å². The lowest BCUT2D eigenvalue weighted by molar-refractivity contribution is -0.0704. The van der Waals surface area contributed by atoms with E-state index < -0.39 is 0 Å². The molecule has 23 heavy (non-hydrogen) atoms. The number of morpholine rings is 1. The van der Waals surface area contributed by atoms with Crippen LogP contribution in [0.2, 0.25) is 0 Å². The normalized spacial score (nSPS) is 27.1. The molecule has 2 aliphatic rings. The third-order valence-corrected chi connectivity index (χ3v) is 5.12. The van der Waals surface area contributed by atoms with E-state index >= 15 is 0 Å². The van der Waals surface area contributed by atoms with E-state index in [1.165, 1.54) is 37.7 Å². The number of pyridine rings is 1. The maximum Gasteiger partial charge on any atom is 0.127 e. The largest absolute Gasteiger partial charge is 0.373 e. The fourth-order valence-corrected chi connectivity index (χ4v) is 4.33. The molecule has 1 aliphatic heterocycles. The molecule has 2 fully saturated rings. The Morgan fingerprint density at radius 2 is 1.87 bits per heavy atom. The quantitative estimate of drug-likeness (QED) is 0.793. The highest BCUT2D eigenvalue weighted by molar-refractivity contribution is 9.10. The van der Waals surface area contributed by atoms with Gasteiger partial charge in [0.25, 0.3) is 0 Å². The Balaban J connectivity index is 1.64. The molecule has 1 saturated carbocycles. The maximum atomic E-state index is 5.83. The highest BCUT2D eigenvalue weighted by Crippen LogP contribution is 2.24. The minimum absolute atomic E-state index is 0.309. The Bertz CT molecular complexity index is 509. The standard InChI is InChI=1S/C18H28BrN3O/c1-13-10-22(11-14(2)23-13)12-15-8-17(19)21-18(9-15)20-16-6-4-3-5-7-16/h8-9,13-14,16H,3-7,10-12H2,1-2H3,(H,20,21)/t13-,14+. The number of rotatable bonds is 4. The van der Waals surface area contributed by atoms with Gasteiger partial charge in [-0.1, -0.05) is 19.3 Å². The molecule has 1 N–H and O–H groups in total. The first kappa shape index (κ1) is 17.2.